The molecule has 48 heavy (non-hydrogen) atoms. The lowest BCUT2D eigenvalue weighted by atomic mass is 9.97. The zero-order valence-corrected chi connectivity index (χ0v) is 27.0. The van der Waals surface area contributed by atoms with Crippen LogP contribution >= 0.6 is 15.6 Å². The fraction of sp³-hybridized carbons (Fsp3) is 0.750. The monoisotopic (exact) mass is 735 g/mol. The van der Waals surface area contributed by atoms with Gasteiger partial charge in [-0.15, -0.1) is 0 Å². The second-order valence-corrected chi connectivity index (χ2v) is 13.3. The molecule has 0 bridgehead atoms. The van der Waals surface area contributed by atoms with Crippen LogP contribution in [0.15, 0.2) is 24.7 Å². The zero-order chi connectivity index (χ0) is 35.6. The van der Waals surface area contributed by atoms with Crippen LogP contribution in [0.5, 0.6) is 0 Å². The van der Waals surface area contributed by atoms with Crippen LogP contribution in [-0.2, 0) is 51.0 Å². The van der Waals surface area contributed by atoms with E-state index in [2.05, 4.69) is 30.6 Å². The minimum absolute atomic E-state index is 0.0345. The van der Waals surface area contributed by atoms with E-state index >= 15 is 0 Å². The molecule has 0 aromatic rings. The Morgan fingerprint density at radius 3 is 2.29 bits per heavy atom. The predicted octanol–water partition coefficient (Wildman–Crippen LogP) is -5.43. The van der Waals surface area contributed by atoms with Crippen LogP contribution < -0.4 is 20.4 Å². The minimum atomic E-state index is -6.00. The molecule has 3 rings (SSSR count). The number of hydrogen-bond donors (Lipinski definition) is 8. The van der Waals surface area contributed by atoms with Crippen LogP contribution in [-0.4, -0.2) is 149 Å². The summed E-state index contributed by atoms with van der Waals surface area (Å²) in [6.45, 7) is 1.94. The van der Waals surface area contributed by atoms with Crippen LogP contribution in [0.25, 0.3) is 0 Å². The predicted molar refractivity (Wildman–Crippen MR) is 150 cm³/mol. The summed E-state index contributed by atoms with van der Waals surface area (Å²) >= 11 is 0. The Bertz CT molecular complexity index is 1230. The number of aliphatic hydroxyl groups excluding tert-OH is 6. The summed E-state index contributed by atoms with van der Waals surface area (Å²) in [6.07, 6.45) is -11.7. The van der Waals surface area contributed by atoms with Crippen molar-refractivity contribution < 1.29 is 91.5 Å². The van der Waals surface area contributed by atoms with Gasteiger partial charge in [0, 0.05) is 31.9 Å². The lowest BCUT2D eigenvalue weighted by Crippen LogP contribution is -2.64. The topological polar surface area (TPSA) is 328 Å². The summed E-state index contributed by atoms with van der Waals surface area (Å²) < 4.78 is 59.2. The van der Waals surface area contributed by atoms with E-state index in [4.69, 9.17) is 24.1 Å². The molecule has 8 unspecified atom stereocenters. The average Bonchev–Trinajstić information content (AvgIpc) is 3.29. The maximum atomic E-state index is 12.6. The Balaban J connectivity index is 1.56. The number of phosphoric ester groups is 2. The molecule has 0 aliphatic carbocycles. The molecule has 22 nitrogen and oxygen atoms in total. The van der Waals surface area contributed by atoms with Gasteiger partial charge in [0.05, 0.1) is 33.0 Å². The SMILES string of the molecule is C=C1NC(=O)C=CN1C1OC(COP(=O)([O-])OP(=O)([O-])O[C@H]2OC(CO)[C@H](O)[C@H](O)C2NC(=O)CCOCCOCCCO)C(O)C1O. The number of phosphoric acid groups is 2. The Morgan fingerprint density at radius 1 is 0.979 bits per heavy atom. The van der Waals surface area contributed by atoms with Crippen molar-refractivity contribution >= 4 is 27.5 Å². The van der Waals surface area contributed by atoms with Crippen LogP contribution in [0.1, 0.15) is 12.8 Å². The first kappa shape index (κ1) is 40.5. The largest absolute Gasteiger partial charge is 0.756 e. The lowest BCUT2D eigenvalue weighted by Gasteiger charge is -2.44. The van der Waals surface area contributed by atoms with Gasteiger partial charge in [0.15, 0.2) is 12.5 Å². The summed E-state index contributed by atoms with van der Waals surface area (Å²) in [4.78, 5) is 50.1. The Kier molecular flexibility index (Phi) is 15.5. The highest BCUT2D eigenvalue weighted by molar-refractivity contribution is 7.59. The van der Waals surface area contributed by atoms with Crippen LogP contribution in [0, 0.1) is 0 Å². The third kappa shape index (κ3) is 11.6. The van der Waals surface area contributed by atoms with E-state index in [-0.39, 0.29) is 38.7 Å². The standard InChI is InChI=1S/C24H41N3O19P2/c1-13-25-16(30)3-5-27(13)23-22(35)20(33)15(43-23)12-42-47(36,37)46-48(38,39)45-24-18(21(34)19(32)14(11-29)44-24)26-17(31)4-8-41-10-9-40-7-2-6-28/h3,5,14-15,18-24,28-29,32-35H,1-2,4,6-12H2,(H,25,30)(H,26,31)(H,36,37)(H,38,39)/p-2/t14?,15?,18?,19-,20?,21+,22?,23?,24+/m0/s1. The van der Waals surface area contributed by atoms with E-state index in [1.807, 2.05) is 0 Å². The number of rotatable bonds is 19. The first-order valence-corrected chi connectivity index (χ1v) is 17.3. The van der Waals surface area contributed by atoms with E-state index in [0.717, 1.165) is 11.0 Å². The van der Waals surface area contributed by atoms with Crippen LogP contribution in [0.3, 0.4) is 0 Å². The maximum absolute atomic E-state index is 12.6. The van der Waals surface area contributed by atoms with E-state index in [9.17, 15) is 54.0 Å². The van der Waals surface area contributed by atoms with Gasteiger partial charge in [0.25, 0.3) is 21.6 Å². The van der Waals surface area contributed by atoms with Crippen LogP contribution in [0.2, 0.25) is 0 Å². The van der Waals surface area contributed by atoms with Gasteiger partial charge in [-0.25, -0.2) is 4.31 Å². The van der Waals surface area contributed by atoms with Crippen molar-refractivity contribution in [2.45, 2.75) is 68.0 Å². The Morgan fingerprint density at radius 2 is 1.65 bits per heavy atom. The highest BCUT2D eigenvalue weighted by atomic mass is 31.3. The van der Waals surface area contributed by atoms with Gasteiger partial charge in [0.2, 0.25) is 5.91 Å². The first-order chi connectivity index (χ1) is 22.6. The second-order valence-electron chi connectivity index (χ2n) is 10.4. The molecule has 8 N–H and O–H groups in total. The van der Waals surface area contributed by atoms with E-state index < -0.39 is 95.9 Å². The molecule has 0 aromatic heterocycles. The molecule has 3 aliphatic heterocycles. The first-order valence-electron chi connectivity index (χ1n) is 14.4. The van der Waals surface area contributed by atoms with Crippen molar-refractivity contribution in [1.29, 1.82) is 0 Å². The third-order valence-corrected chi connectivity index (χ3v) is 9.44. The quantitative estimate of drug-likeness (QED) is 0.0453. The Labute approximate surface area is 273 Å². The molecular formula is C24H39N3O19P2-2. The van der Waals surface area contributed by atoms with Crippen molar-refractivity contribution in [1.82, 2.24) is 15.5 Å². The number of amides is 2. The molecule has 2 fully saturated rings. The molecule has 24 heteroatoms. The summed E-state index contributed by atoms with van der Waals surface area (Å²) in [5, 5.41) is 64.2. The fourth-order valence-electron chi connectivity index (χ4n) is 4.52. The van der Waals surface area contributed by atoms with E-state index in [1.54, 1.807) is 0 Å². The molecule has 11 atom stereocenters. The van der Waals surface area contributed by atoms with Crippen molar-refractivity contribution in [2.75, 3.05) is 46.2 Å². The Hall–Kier alpha value is -1.92. The lowest BCUT2D eigenvalue weighted by molar-refractivity contribution is -0.285. The number of carbonyl (C=O) groups is 2. The second kappa shape index (κ2) is 18.4. The van der Waals surface area contributed by atoms with Gasteiger partial charge in [-0.05, 0) is 6.42 Å². The van der Waals surface area contributed by atoms with E-state index in [1.165, 1.54) is 6.20 Å². The van der Waals surface area contributed by atoms with Gasteiger partial charge in [-0.3, -0.25) is 23.2 Å². The number of carbonyl (C=O) groups excluding carboxylic acids is 2. The number of hydrogen-bond acceptors (Lipinski definition) is 20. The third-order valence-electron chi connectivity index (χ3n) is 6.91. The highest BCUT2D eigenvalue weighted by Crippen LogP contribution is 2.57. The van der Waals surface area contributed by atoms with Crippen molar-refractivity contribution in [3.05, 3.63) is 24.7 Å². The summed E-state index contributed by atoms with van der Waals surface area (Å²) in [5.41, 5.74) is 0. The number of ether oxygens (including phenoxy) is 4. The molecule has 0 spiro atoms. The zero-order valence-electron chi connectivity index (χ0n) is 25.3. The van der Waals surface area contributed by atoms with Crippen molar-refractivity contribution in [3.8, 4) is 0 Å². The molecule has 276 valence electrons. The summed E-state index contributed by atoms with van der Waals surface area (Å²) in [7, 11) is -11.9. The van der Waals surface area contributed by atoms with Crippen molar-refractivity contribution in [2.24, 2.45) is 0 Å². The minimum Gasteiger partial charge on any atom is -0.756 e. The molecule has 0 radical (unpaired) electrons. The van der Waals surface area contributed by atoms with Crippen molar-refractivity contribution in [3.63, 3.8) is 0 Å². The van der Waals surface area contributed by atoms with Gasteiger partial charge in [-0.1, -0.05) is 6.58 Å². The fourth-order valence-corrected chi connectivity index (χ4v) is 6.60. The number of aliphatic hydroxyl groups is 6. The molecular weight excluding hydrogens is 696 g/mol. The normalized spacial score (nSPS) is 33.2. The smallest absolute Gasteiger partial charge is 0.276 e. The summed E-state index contributed by atoms with van der Waals surface area (Å²) in [5.74, 6) is -1.40. The van der Waals surface area contributed by atoms with Gasteiger partial charge in [-0.2, -0.15) is 0 Å². The van der Waals surface area contributed by atoms with Gasteiger partial charge < -0.3 is 79.4 Å². The van der Waals surface area contributed by atoms with Gasteiger partial charge in [0.1, 0.15) is 48.5 Å². The van der Waals surface area contributed by atoms with Gasteiger partial charge >= 0.3 is 0 Å². The molecule has 2 amide bonds. The molecule has 3 aliphatic rings. The average molecular weight is 736 g/mol. The summed E-state index contributed by atoms with van der Waals surface area (Å²) in [6, 6.07) is -1.83. The molecule has 0 saturated carbocycles. The molecule has 2 saturated heterocycles. The van der Waals surface area contributed by atoms with Crippen LogP contribution in [0.4, 0.5) is 0 Å². The number of nitrogens with zero attached hydrogens (tertiary/aromatic N) is 1. The maximum Gasteiger partial charge on any atom is 0.276 e. The molecule has 0 aromatic carbocycles. The van der Waals surface area contributed by atoms with E-state index in [0.29, 0.717) is 13.0 Å². The number of nitrogens with one attached hydrogen (secondary N) is 2. The molecule has 3 heterocycles. The highest BCUT2D eigenvalue weighted by Gasteiger charge is 2.48.